The van der Waals surface area contributed by atoms with Gasteiger partial charge in [0.1, 0.15) is 6.17 Å². The maximum absolute atomic E-state index is 11.8. The minimum atomic E-state index is -0.303. The molecule has 1 aliphatic rings. The van der Waals surface area contributed by atoms with Crippen molar-refractivity contribution < 1.29 is 4.79 Å². The Kier molecular flexibility index (Phi) is 4.41. The first-order valence-electron chi connectivity index (χ1n) is 8.54. The molecule has 1 aromatic heterocycles. The molecule has 0 spiro atoms. The Morgan fingerprint density at radius 3 is 2.78 bits per heavy atom. The Labute approximate surface area is 162 Å². The van der Waals surface area contributed by atoms with Gasteiger partial charge in [-0.25, -0.2) is 9.97 Å². The van der Waals surface area contributed by atoms with E-state index in [1.54, 1.807) is 20.2 Å². The molecule has 6 nitrogen and oxygen atoms in total. The highest BCUT2D eigenvalue weighted by atomic mass is 35.5. The molecular formula is C20H18ClN5O. The molecule has 1 unspecified atom stereocenters. The molecule has 0 radical (unpaired) electrons. The lowest BCUT2D eigenvalue weighted by Gasteiger charge is -2.30. The van der Waals surface area contributed by atoms with E-state index in [9.17, 15) is 4.79 Å². The number of nitrogens with one attached hydrogen (secondary N) is 3. The van der Waals surface area contributed by atoms with Crippen LogP contribution in [-0.2, 0) is 0 Å². The molecule has 0 saturated carbocycles. The lowest BCUT2D eigenvalue weighted by atomic mass is 9.95. The van der Waals surface area contributed by atoms with Crippen molar-refractivity contribution in [3.8, 4) is 11.1 Å². The Bertz CT molecular complexity index is 1040. The first-order chi connectivity index (χ1) is 13.0. The molecule has 136 valence electrons. The summed E-state index contributed by atoms with van der Waals surface area (Å²) in [6.07, 6.45) is 1.50. The van der Waals surface area contributed by atoms with Gasteiger partial charge < -0.3 is 16.0 Å². The van der Waals surface area contributed by atoms with Gasteiger partial charge in [-0.2, -0.15) is 0 Å². The number of ketones is 1. The number of rotatable bonds is 4. The summed E-state index contributed by atoms with van der Waals surface area (Å²) in [5.74, 6) is 0.559. The van der Waals surface area contributed by atoms with Gasteiger partial charge in [0, 0.05) is 46.3 Å². The van der Waals surface area contributed by atoms with E-state index in [1.165, 1.54) is 0 Å². The second-order valence-corrected chi connectivity index (χ2v) is 6.73. The molecule has 27 heavy (non-hydrogen) atoms. The van der Waals surface area contributed by atoms with Gasteiger partial charge in [-0.15, -0.1) is 0 Å². The van der Waals surface area contributed by atoms with Crippen LogP contribution >= 0.6 is 11.6 Å². The summed E-state index contributed by atoms with van der Waals surface area (Å²) in [5.41, 5.74) is 5.06. The van der Waals surface area contributed by atoms with Gasteiger partial charge in [0.15, 0.2) is 5.78 Å². The van der Waals surface area contributed by atoms with Crippen molar-refractivity contribution in [3.63, 3.8) is 0 Å². The fourth-order valence-electron chi connectivity index (χ4n) is 3.13. The van der Waals surface area contributed by atoms with Crippen molar-refractivity contribution >= 4 is 34.7 Å². The van der Waals surface area contributed by atoms with Crippen LogP contribution in [0.25, 0.3) is 11.1 Å². The third kappa shape index (κ3) is 3.31. The normalized spacial score (nSPS) is 14.6. The van der Waals surface area contributed by atoms with Crippen LogP contribution in [0.4, 0.5) is 17.3 Å². The van der Waals surface area contributed by atoms with Crippen LogP contribution in [0.5, 0.6) is 0 Å². The number of hydrogen-bond donors (Lipinski definition) is 3. The summed E-state index contributed by atoms with van der Waals surface area (Å²) < 4.78 is 0. The fraction of sp³-hybridized carbons (Fsp3) is 0.150. The zero-order valence-electron chi connectivity index (χ0n) is 14.9. The molecule has 1 atom stereocenters. The van der Waals surface area contributed by atoms with E-state index in [-0.39, 0.29) is 11.9 Å². The molecule has 2 aromatic carbocycles. The average Bonchev–Trinajstić information content (AvgIpc) is 2.67. The zero-order chi connectivity index (χ0) is 19.0. The number of hydrogen-bond acceptors (Lipinski definition) is 6. The molecule has 0 aliphatic carbocycles. The summed E-state index contributed by atoms with van der Waals surface area (Å²) in [4.78, 5) is 20.8. The highest BCUT2D eigenvalue weighted by Gasteiger charge is 2.27. The molecule has 3 N–H and O–H groups in total. The van der Waals surface area contributed by atoms with E-state index in [4.69, 9.17) is 11.6 Å². The van der Waals surface area contributed by atoms with Gasteiger partial charge in [-0.1, -0.05) is 29.8 Å². The zero-order valence-corrected chi connectivity index (χ0v) is 15.6. The Hall–Kier alpha value is -3.12. The van der Waals surface area contributed by atoms with Crippen molar-refractivity contribution in [1.82, 2.24) is 9.97 Å². The van der Waals surface area contributed by atoms with Crippen molar-refractivity contribution in [2.75, 3.05) is 23.0 Å². The Morgan fingerprint density at radius 2 is 2.04 bits per heavy atom. The molecular weight excluding hydrogens is 362 g/mol. The third-order valence-corrected chi connectivity index (χ3v) is 4.70. The van der Waals surface area contributed by atoms with Crippen LogP contribution in [0.1, 0.15) is 29.1 Å². The van der Waals surface area contributed by atoms with Gasteiger partial charge in [-0.3, -0.25) is 4.79 Å². The summed E-state index contributed by atoms with van der Waals surface area (Å²) >= 11 is 6.11. The van der Waals surface area contributed by atoms with E-state index in [0.29, 0.717) is 16.5 Å². The van der Waals surface area contributed by atoms with Gasteiger partial charge >= 0.3 is 0 Å². The van der Waals surface area contributed by atoms with Crippen LogP contribution in [0.3, 0.4) is 0 Å². The monoisotopic (exact) mass is 379 g/mol. The average molecular weight is 380 g/mol. The number of carbonyl (C=O) groups is 1. The maximum Gasteiger partial charge on any atom is 0.222 e. The summed E-state index contributed by atoms with van der Waals surface area (Å²) in [6.45, 7) is 1.56. The number of aromatic nitrogens is 2. The van der Waals surface area contributed by atoms with E-state index in [1.807, 2.05) is 42.5 Å². The van der Waals surface area contributed by atoms with Crippen molar-refractivity contribution in [1.29, 1.82) is 0 Å². The highest BCUT2D eigenvalue weighted by molar-refractivity contribution is 6.30. The Balaban J connectivity index is 1.81. The summed E-state index contributed by atoms with van der Waals surface area (Å²) in [5, 5.41) is 10.5. The molecule has 4 rings (SSSR count). The van der Waals surface area contributed by atoms with Crippen LogP contribution in [0.15, 0.2) is 48.7 Å². The summed E-state index contributed by atoms with van der Waals surface area (Å²) in [7, 11) is 1.78. The quantitative estimate of drug-likeness (QED) is 0.576. The number of carbonyl (C=O) groups excluding carboxylic acids is 1. The van der Waals surface area contributed by atoms with Crippen molar-refractivity contribution in [2.45, 2.75) is 13.1 Å². The van der Waals surface area contributed by atoms with E-state index in [0.717, 1.165) is 28.2 Å². The van der Waals surface area contributed by atoms with Gasteiger partial charge in [0.05, 0.1) is 5.69 Å². The first-order valence-corrected chi connectivity index (χ1v) is 8.91. The molecule has 0 bridgehead atoms. The predicted octanol–water partition coefficient (Wildman–Crippen LogP) is 4.58. The fourth-order valence-corrected chi connectivity index (χ4v) is 3.32. The minimum absolute atomic E-state index is 0.0199. The van der Waals surface area contributed by atoms with Crippen molar-refractivity contribution in [2.24, 2.45) is 0 Å². The maximum atomic E-state index is 11.8. The third-order valence-electron chi connectivity index (χ3n) is 4.47. The van der Waals surface area contributed by atoms with Crippen LogP contribution in [0, 0.1) is 0 Å². The van der Waals surface area contributed by atoms with Crippen LogP contribution in [-0.4, -0.2) is 22.8 Å². The summed E-state index contributed by atoms with van der Waals surface area (Å²) in [6, 6.07) is 13.1. The number of benzene rings is 2. The molecule has 3 aromatic rings. The lowest BCUT2D eigenvalue weighted by Crippen LogP contribution is -2.26. The second kappa shape index (κ2) is 6.89. The number of halogens is 1. The van der Waals surface area contributed by atoms with Gasteiger partial charge in [-0.05, 0) is 31.2 Å². The highest BCUT2D eigenvalue weighted by Crippen LogP contribution is 2.40. The van der Waals surface area contributed by atoms with E-state index < -0.39 is 0 Å². The topological polar surface area (TPSA) is 78.9 Å². The number of nitrogens with zero attached hydrogens (tertiary/aromatic N) is 2. The Morgan fingerprint density at radius 1 is 1.19 bits per heavy atom. The molecule has 1 aliphatic heterocycles. The lowest BCUT2D eigenvalue weighted by molar-refractivity contribution is 0.101. The molecule has 0 fully saturated rings. The number of fused-ring (bicyclic) bond motifs is 3. The number of anilines is 3. The predicted molar refractivity (Wildman–Crippen MR) is 108 cm³/mol. The van der Waals surface area contributed by atoms with Crippen molar-refractivity contribution in [3.05, 3.63) is 64.9 Å². The smallest absolute Gasteiger partial charge is 0.222 e. The molecule has 0 amide bonds. The van der Waals surface area contributed by atoms with E-state index in [2.05, 4.69) is 25.9 Å². The number of Topliss-reactive ketones (excluding diaryl/α,β-unsaturated/α-hetero) is 1. The molecule has 0 saturated heterocycles. The minimum Gasteiger partial charge on any atom is -0.360 e. The van der Waals surface area contributed by atoms with Gasteiger partial charge in [0.25, 0.3) is 0 Å². The molecule has 2 heterocycles. The largest absolute Gasteiger partial charge is 0.360 e. The SMILES string of the molecule is CNc1ncc2c(n1)C(Nc1cccc(Cl)c1)Nc1cc(C(C)=O)ccc1-2. The standard InChI is InChI=1S/C20H18ClN5O/c1-11(27)12-6-7-15-16-10-23-20(22-2)26-18(16)19(25-17(15)8-12)24-14-5-3-4-13(21)9-14/h3-10,19,24-25H,1-2H3,(H,22,23,26). The second-order valence-electron chi connectivity index (χ2n) is 6.29. The van der Waals surface area contributed by atoms with Crippen LogP contribution < -0.4 is 16.0 Å². The van der Waals surface area contributed by atoms with Gasteiger partial charge in [0.2, 0.25) is 5.95 Å². The molecule has 7 heteroatoms. The van der Waals surface area contributed by atoms with E-state index >= 15 is 0 Å². The van der Waals surface area contributed by atoms with Crippen LogP contribution in [0.2, 0.25) is 5.02 Å². The first kappa shape index (κ1) is 17.3.